The molecule has 0 aliphatic carbocycles. The molecule has 1 aromatic carbocycles. The Bertz CT molecular complexity index is 1030. The van der Waals surface area contributed by atoms with Crippen molar-refractivity contribution in [1.29, 1.82) is 0 Å². The first kappa shape index (κ1) is 18.7. The van der Waals surface area contributed by atoms with Gasteiger partial charge in [0.05, 0.1) is 31.2 Å². The smallest absolute Gasteiger partial charge is 0.293 e. The van der Waals surface area contributed by atoms with Gasteiger partial charge in [0.15, 0.2) is 10.9 Å². The monoisotopic (exact) mass is 461 g/mol. The van der Waals surface area contributed by atoms with Crippen molar-refractivity contribution in [2.24, 2.45) is 0 Å². The van der Waals surface area contributed by atoms with Crippen LogP contribution in [0.1, 0.15) is 31.5 Å². The first-order valence-electron chi connectivity index (χ1n) is 8.51. The Hall–Kier alpha value is -2.65. The van der Waals surface area contributed by atoms with E-state index in [2.05, 4.69) is 26.2 Å². The number of fused-ring (bicyclic) bond motifs is 1. The lowest BCUT2D eigenvalue weighted by Crippen LogP contribution is -2.35. The molecule has 1 aliphatic heterocycles. The van der Waals surface area contributed by atoms with Crippen LogP contribution in [0.4, 0.5) is 5.13 Å². The number of amides is 2. The Balaban J connectivity index is 1.50. The van der Waals surface area contributed by atoms with Crippen LogP contribution in [0.15, 0.2) is 45.5 Å². The van der Waals surface area contributed by atoms with Gasteiger partial charge in [-0.3, -0.25) is 14.9 Å². The first-order chi connectivity index (χ1) is 13.5. The summed E-state index contributed by atoms with van der Waals surface area (Å²) >= 11 is 4.81. The number of anilines is 1. The molecule has 0 bridgehead atoms. The van der Waals surface area contributed by atoms with E-state index in [1.165, 1.54) is 17.6 Å². The average Bonchev–Trinajstić information content (AvgIpc) is 3.36. The molecule has 3 aromatic rings. The molecular weight excluding hydrogens is 446 g/mol. The van der Waals surface area contributed by atoms with E-state index in [0.717, 1.165) is 15.0 Å². The maximum atomic E-state index is 13.0. The summed E-state index contributed by atoms with van der Waals surface area (Å²) < 4.78 is 11.0. The number of thiazole rings is 1. The highest BCUT2D eigenvalue weighted by Gasteiger charge is 2.27. The number of ether oxygens (including phenoxy) is 1. The number of rotatable bonds is 4. The van der Waals surface area contributed by atoms with Crippen LogP contribution in [0.2, 0.25) is 0 Å². The average molecular weight is 462 g/mol. The molecule has 0 spiro atoms. The minimum atomic E-state index is -0.343. The second-order valence-electron chi connectivity index (χ2n) is 6.14. The number of aromatic nitrogens is 1. The highest BCUT2D eigenvalue weighted by molar-refractivity contribution is 9.10. The van der Waals surface area contributed by atoms with Gasteiger partial charge in [-0.1, -0.05) is 11.3 Å². The topological polar surface area (TPSA) is 84.7 Å². The molecule has 1 aliphatic rings. The van der Waals surface area contributed by atoms with Crippen molar-refractivity contribution in [1.82, 2.24) is 9.88 Å². The zero-order chi connectivity index (χ0) is 19.7. The summed E-state index contributed by atoms with van der Waals surface area (Å²) in [6.45, 7) is 1.01. The van der Waals surface area contributed by atoms with E-state index >= 15 is 0 Å². The number of methoxy groups -OCH3 is 1. The van der Waals surface area contributed by atoms with Gasteiger partial charge in [0.25, 0.3) is 11.8 Å². The summed E-state index contributed by atoms with van der Waals surface area (Å²) in [5.41, 5.74) is 1.46. The molecule has 3 heterocycles. The third kappa shape index (κ3) is 3.67. The minimum Gasteiger partial charge on any atom is -0.497 e. The molecule has 4 rings (SSSR count). The second kappa shape index (κ2) is 7.76. The van der Waals surface area contributed by atoms with Crippen molar-refractivity contribution in [3.05, 3.63) is 63.0 Å². The minimum absolute atomic E-state index is 0.0778. The van der Waals surface area contributed by atoms with Crippen LogP contribution in [0.25, 0.3) is 0 Å². The molecule has 0 saturated carbocycles. The van der Waals surface area contributed by atoms with Gasteiger partial charge in [0.1, 0.15) is 5.75 Å². The molecule has 28 heavy (non-hydrogen) atoms. The molecule has 2 amide bonds. The van der Waals surface area contributed by atoms with Gasteiger partial charge in [-0.05, 0) is 46.3 Å². The number of carbonyl (C=O) groups is 2. The van der Waals surface area contributed by atoms with E-state index in [1.807, 2.05) is 0 Å². The van der Waals surface area contributed by atoms with Crippen molar-refractivity contribution in [3.8, 4) is 5.75 Å². The second-order valence-corrected chi connectivity index (χ2v) is 8.08. The number of hydrogen-bond donors (Lipinski definition) is 1. The predicted molar refractivity (Wildman–Crippen MR) is 108 cm³/mol. The number of nitrogens with zero attached hydrogens (tertiary/aromatic N) is 2. The standard InChI is InChI=1S/C19H16BrN3O4S/c1-26-11-4-5-13(20)12(9-11)18(25)23-7-6-14-16(10-23)28-19(21-14)22-17(24)15-3-2-8-27-15/h2-5,8-9H,6-7,10H2,1H3,(H,21,22,24). The van der Waals surface area contributed by atoms with Crippen LogP contribution in [-0.4, -0.2) is 35.4 Å². The van der Waals surface area contributed by atoms with Gasteiger partial charge in [-0.25, -0.2) is 4.98 Å². The SMILES string of the molecule is COc1ccc(Br)c(C(=O)N2CCc3nc(NC(=O)c4ccco4)sc3C2)c1. The molecule has 0 unspecified atom stereocenters. The fraction of sp³-hybridized carbons (Fsp3) is 0.211. The third-order valence-electron chi connectivity index (χ3n) is 4.39. The summed E-state index contributed by atoms with van der Waals surface area (Å²) in [4.78, 5) is 32.3. The number of carbonyl (C=O) groups excluding carboxylic acids is 2. The van der Waals surface area contributed by atoms with E-state index in [4.69, 9.17) is 9.15 Å². The molecule has 144 valence electrons. The van der Waals surface area contributed by atoms with Crippen molar-refractivity contribution in [2.45, 2.75) is 13.0 Å². The molecule has 0 atom stereocenters. The van der Waals surface area contributed by atoms with Crippen molar-refractivity contribution in [2.75, 3.05) is 19.0 Å². The van der Waals surface area contributed by atoms with Gasteiger partial charge >= 0.3 is 0 Å². The first-order valence-corrected chi connectivity index (χ1v) is 10.1. The van der Waals surface area contributed by atoms with E-state index < -0.39 is 0 Å². The summed E-state index contributed by atoms with van der Waals surface area (Å²) in [5.74, 6) is 0.438. The molecule has 0 saturated heterocycles. The van der Waals surface area contributed by atoms with E-state index in [1.54, 1.807) is 42.3 Å². The van der Waals surface area contributed by atoms with E-state index in [-0.39, 0.29) is 17.6 Å². The van der Waals surface area contributed by atoms with Crippen LogP contribution >= 0.6 is 27.3 Å². The van der Waals surface area contributed by atoms with Crippen LogP contribution < -0.4 is 10.1 Å². The van der Waals surface area contributed by atoms with Crippen LogP contribution in [0.5, 0.6) is 5.75 Å². The van der Waals surface area contributed by atoms with E-state index in [9.17, 15) is 9.59 Å². The van der Waals surface area contributed by atoms with Crippen molar-refractivity contribution >= 4 is 44.2 Å². The highest BCUT2D eigenvalue weighted by atomic mass is 79.9. The van der Waals surface area contributed by atoms with Gasteiger partial charge in [0, 0.05) is 22.3 Å². The van der Waals surface area contributed by atoms with Crippen LogP contribution in [-0.2, 0) is 13.0 Å². The number of furan rings is 1. The maximum absolute atomic E-state index is 13.0. The lowest BCUT2D eigenvalue weighted by atomic mass is 10.1. The largest absolute Gasteiger partial charge is 0.497 e. The number of hydrogen-bond acceptors (Lipinski definition) is 6. The van der Waals surface area contributed by atoms with Gasteiger partial charge in [-0.15, -0.1) is 0 Å². The quantitative estimate of drug-likeness (QED) is 0.635. The van der Waals surface area contributed by atoms with Crippen molar-refractivity contribution in [3.63, 3.8) is 0 Å². The number of benzene rings is 1. The normalized spacial score (nSPS) is 13.1. The molecule has 1 N–H and O–H groups in total. The zero-order valence-corrected chi connectivity index (χ0v) is 17.3. The summed E-state index contributed by atoms with van der Waals surface area (Å²) in [6.07, 6.45) is 2.08. The summed E-state index contributed by atoms with van der Waals surface area (Å²) in [7, 11) is 1.57. The van der Waals surface area contributed by atoms with Gasteiger partial charge < -0.3 is 14.1 Å². The molecule has 9 heteroatoms. The fourth-order valence-corrected chi connectivity index (χ4v) is 4.39. The zero-order valence-electron chi connectivity index (χ0n) is 14.9. The number of halogens is 1. The van der Waals surface area contributed by atoms with Gasteiger partial charge in [0.2, 0.25) is 0 Å². The Kier molecular flexibility index (Phi) is 5.19. The lowest BCUT2D eigenvalue weighted by Gasteiger charge is -2.26. The van der Waals surface area contributed by atoms with Crippen LogP contribution in [0.3, 0.4) is 0 Å². The Morgan fingerprint density at radius 3 is 2.96 bits per heavy atom. The van der Waals surface area contributed by atoms with E-state index in [0.29, 0.717) is 36.0 Å². The predicted octanol–water partition coefficient (Wildman–Crippen LogP) is 3.96. The Morgan fingerprint density at radius 1 is 1.36 bits per heavy atom. The molecule has 0 radical (unpaired) electrons. The molecular formula is C19H16BrN3O4S. The molecule has 0 fully saturated rings. The molecule has 7 nitrogen and oxygen atoms in total. The third-order valence-corrected chi connectivity index (χ3v) is 6.08. The summed E-state index contributed by atoms with van der Waals surface area (Å²) in [5, 5.41) is 3.25. The molecule has 2 aromatic heterocycles. The fourth-order valence-electron chi connectivity index (χ4n) is 2.95. The lowest BCUT2D eigenvalue weighted by molar-refractivity contribution is 0.0734. The maximum Gasteiger partial charge on any atom is 0.293 e. The Labute approximate surface area is 173 Å². The summed E-state index contributed by atoms with van der Waals surface area (Å²) in [6, 6.07) is 8.57. The van der Waals surface area contributed by atoms with Gasteiger partial charge in [-0.2, -0.15) is 0 Å². The van der Waals surface area contributed by atoms with Crippen LogP contribution in [0, 0.1) is 0 Å². The number of nitrogens with one attached hydrogen (secondary N) is 1. The Morgan fingerprint density at radius 2 is 2.21 bits per heavy atom. The van der Waals surface area contributed by atoms with Crippen molar-refractivity contribution < 1.29 is 18.7 Å². The highest BCUT2D eigenvalue weighted by Crippen LogP contribution is 2.31.